The van der Waals surface area contributed by atoms with Gasteiger partial charge in [0.15, 0.2) is 5.76 Å². The second kappa shape index (κ2) is 7.08. The molecule has 5 heteroatoms. The van der Waals surface area contributed by atoms with Gasteiger partial charge >= 0.3 is 5.97 Å². The molecule has 0 bridgehead atoms. The molecule has 140 valence electrons. The van der Waals surface area contributed by atoms with Crippen LogP contribution in [0, 0.1) is 6.92 Å². The van der Waals surface area contributed by atoms with Crippen LogP contribution in [0.2, 0.25) is 0 Å². The number of aryl methyl sites for hydroxylation is 1. The van der Waals surface area contributed by atoms with Gasteiger partial charge in [0.2, 0.25) is 0 Å². The van der Waals surface area contributed by atoms with Gasteiger partial charge in [0.05, 0.1) is 12.3 Å². The Kier molecular flexibility index (Phi) is 5.42. The highest BCUT2D eigenvalue weighted by atomic mass is 16.5. The third-order valence-corrected chi connectivity index (χ3v) is 4.46. The number of carboxylic acid groups (broad SMARTS) is 1. The first-order chi connectivity index (χ1) is 12.0. The van der Waals surface area contributed by atoms with Crippen LogP contribution in [0.5, 0.6) is 0 Å². The van der Waals surface area contributed by atoms with Crippen LogP contribution in [0.15, 0.2) is 28.8 Å². The first kappa shape index (κ1) is 19.9. The van der Waals surface area contributed by atoms with E-state index in [1.165, 1.54) is 0 Å². The molecule has 1 aromatic carbocycles. The van der Waals surface area contributed by atoms with E-state index in [2.05, 4.69) is 25.9 Å². The van der Waals surface area contributed by atoms with Gasteiger partial charge in [-0.1, -0.05) is 58.0 Å². The van der Waals surface area contributed by atoms with E-state index in [0.29, 0.717) is 5.69 Å². The van der Waals surface area contributed by atoms with Crippen LogP contribution in [-0.2, 0) is 15.6 Å². The van der Waals surface area contributed by atoms with Gasteiger partial charge in [-0.05, 0) is 35.1 Å². The SMILES string of the molecule is Cc1cc(/C(=C/c2ccc(C(C)(C)CO)cc2C(C)(C)C)C(=O)O)on1. The van der Waals surface area contributed by atoms with Gasteiger partial charge in [0.25, 0.3) is 0 Å². The van der Waals surface area contributed by atoms with Gasteiger partial charge in [0.1, 0.15) is 5.57 Å². The van der Waals surface area contributed by atoms with Gasteiger partial charge < -0.3 is 14.7 Å². The topological polar surface area (TPSA) is 83.6 Å². The van der Waals surface area contributed by atoms with Crippen molar-refractivity contribution in [3.63, 3.8) is 0 Å². The number of carboxylic acids is 1. The van der Waals surface area contributed by atoms with E-state index in [1.54, 1.807) is 19.1 Å². The summed E-state index contributed by atoms with van der Waals surface area (Å²) in [6, 6.07) is 7.50. The monoisotopic (exact) mass is 357 g/mol. The molecule has 1 heterocycles. The Hall–Kier alpha value is -2.40. The van der Waals surface area contributed by atoms with E-state index in [4.69, 9.17) is 4.52 Å². The van der Waals surface area contributed by atoms with Crippen molar-refractivity contribution in [2.24, 2.45) is 0 Å². The summed E-state index contributed by atoms with van der Waals surface area (Å²) in [6.45, 7) is 12.0. The van der Waals surface area contributed by atoms with Crippen LogP contribution in [0.1, 0.15) is 62.8 Å². The number of aliphatic hydroxyl groups is 1. The van der Waals surface area contributed by atoms with Crippen molar-refractivity contribution >= 4 is 17.6 Å². The lowest BCUT2D eigenvalue weighted by Gasteiger charge is -2.28. The van der Waals surface area contributed by atoms with Crippen LogP contribution in [0.25, 0.3) is 11.6 Å². The number of hydrogen-bond acceptors (Lipinski definition) is 4. The maximum Gasteiger partial charge on any atom is 0.339 e. The molecule has 0 spiro atoms. The predicted molar refractivity (Wildman–Crippen MR) is 102 cm³/mol. The van der Waals surface area contributed by atoms with E-state index in [-0.39, 0.29) is 28.8 Å². The first-order valence-electron chi connectivity index (χ1n) is 8.60. The van der Waals surface area contributed by atoms with Crippen molar-refractivity contribution in [3.8, 4) is 0 Å². The average molecular weight is 357 g/mol. The molecule has 0 saturated carbocycles. The van der Waals surface area contributed by atoms with Crippen molar-refractivity contribution in [1.29, 1.82) is 0 Å². The molecular weight excluding hydrogens is 330 g/mol. The number of hydrogen-bond donors (Lipinski definition) is 2. The number of rotatable bonds is 5. The highest BCUT2D eigenvalue weighted by Crippen LogP contribution is 2.33. The smallest absolute Gasteiger partial charge is 0.339 e. The van der Waals surface area contributed by atoms with Crippen LogP contribution in [0.4, 0.5) is 0 Å². The lowest BCUT2D eigenvalue weighted by Crippen LogP contribution is -2.23. The standard InChI is InChI=1S/C21H27NO4/c1-13-9-18(26-22-13)16(19(24)25)10-14-7-8-15(21(5,6)12-23)11-17(14)20(2,3)4/h7-11,23H,12H2,1-6H3,(H,24,25)/b16-10-. The Labute approximate surface area is 154 Å². The molecule has 0 unspecified atom stereocenters. The Balaban J connectivity index is 2.66. The average Bonchev–Trinajstić information content (AvgIpc) is 2.97. The van der Waals surface area contributed by atoms with Gasteiger partial charge in [-0.2, -0.15) is 0 Å². The fourth-order valence-corrected chi connectivity index (χ4v) is 2.73. The zero-order valence-corrected chi connectivity index (χ0v) is 16.3. The number of benzene rings is 1. The molecule has 26 heavy (non-hydrogen) atoms. The molecule has 0 radical (unpaired) electrons. The summed E-state index contributed by atoms with van der Waals surface area (Å²) in [7, 11) is 0. The van der Waals surface area contributed by atoms with Crippen molar-refractivity contribution in [1.82, 2.24) is 5.16 Å². The molecule has 0 saturated heterocycles. The van der Waals surface area contributed by atoms with Crippen LogP contribution in [0.3, 0.4) is 0 Å². The van der Waals surface area contributed by atoms with Crippen LogP contribution < -0.4 is 0 Å². The molecule has 1 aromatic heterocycles. The molecule has 0 atom stereocenters. The Morgan fingerprint density at radius 2 is 1.85 bits per heavy atom. The Bertz CT molecular complexity index is 838. The Morgan fingerprint density at radius 1 is 1.19 bits per heavy atom. The number of aliphatic carboxylic acids is 1. The van der Waals surface area contributed by atoms with E-state index in [9.17, 15) is 15.0 Å². The summed E-state index contributed by atoms with van der Waals surface area (Å²) in [5.41, 5.74) is 2.93. The number of nitrogens with zero attached hydrogens (tertiary/aromatic N) is 1. The maximum atomic E-state index is 11.8. The van der Waals surface area contributed by atoms with Crippen LogP contribution >= 0.6 is 0 Å². The normalized spacial score (nSPS) is 13.1. The number of aliphatic hydroxyl groups excluding tert-OH is 1. The van der Waals surface area contributed by atoms with E-state index >= 15 is 0 Å². The lowest BCUT2D eigenvalue weighted by molar-refractivity contribution is -0.130. The second-order valence-electron chi connectivity index (χ2n) is 8.29. The van der Waals surface area contributed by atoms with E-state index < -0.39 is 5.97 Å². The highest BCUT2D eigenvalue weighted by molar-refractivity contribution is 6.19. The largest absolute Gasteiger partial charge is 0.478 e. The zero-order valence-electron chi connectivity index (χ0n) is 16.3. The minimum Gasteiger partial charge on any atom is -0.478 e. The van der Waals surface area contributed by atoms with E-state index in [1.807, 2.05) is 32.0 Å². The number of carbonyl (C=O) groups is 1. The molecule has 5 nitrogen and oxygen atoms in total. The number of aromatic nitrogens is 1. The molecular formula is C21H27NO4. The van der Waals surface area contributed by atoms with Crippen molar-refractivity contribution in [2.75, 3.05) is 6.61 Å². The molecule has 2 rings (SSSR count). The molecule has 2 aromatic rings. The summed E-state index contributed by atoms with van der Waals surface area (Å²) in [4.78, 5) is 11.8. The van der Waals surface area contributed by atoms with E-state index in [0.717, 1.165) is 16.7 Å². The molecule has 0 aliphatic heterocycles. The van der Waals surface area contributed by atoms with Crippen molar-refractivity contribution in [2.45, 2.75) is 52.4 Å². The first-order valence-corrected chi connectivity index (χ1v) is 8.60. The fourth-order valence-electron chi connectivity index (χ4n) is 2.73. The molecule has 0 aliphatic carbocycles. The zero-order chi connectivity index (χ0) is 19.7. The van der Waals surface area contributed by atoms with Gasteiger partial charge in [-0.25, -0.2) is 4.79 Å². The summed E-state index contributed by atoms with van der Waals surface area (Å²) in [5, 5.41) is 23.1. The summed E-state index contributed by atoms with van der Waals surface area (Å²) < 4.78 is 5.15. The maximum absolute atomic E-state index is 11.8. The summed E-state index contributed by atoms with van der Waals surface area (Å²) in [6.07, 6.45) is 1.62. The molecule has 0 amide bonds. The third kappa shape index (κ3) is 4.22. The van der Waals surface area contributed by atoms with Gasteiger partial charge in [-0.3, -0.25) is 0 Å². The lowest BCUT2D eigenvalue weighted by atomic mass is 9.77. The summed E-state index contributed by atoms with van der Waals surface area (Å²) in [5.74, 6) is -0.838. The molecule has 2 N–H and O–H groups in total. The highest BCUT2D eigenvalue weighted by Gasteiger charge is 2.25. The van der Waals surface area contributed by atoms with Crippen molar-refractivity contribution < 1.29 is 19.5 Å². The predicted octanol–water partition coefficient (Wildman–Crippen LogP) is 4.18. The summed E-state index contributed by atoms with van der Waals surface area (Å²) >= 11 is 0. The third-order valence-electron chi connectivity index (χ3n) is 4.46. The molecule has 0 aliphatic rings. The second-order valence-corrected chi connectivity index (χ2v) is 8.29. The minimum absolute atomic E-state index is 0.0312. The van der Waals surface area contributed by atoms with Gasteiger partial charge in [0, 0.05) is 11.5 Å². The van der Waals surface area contributed by atoms with Gasteiger partial charge in [-0.15, -0.1) is 0 Å². The quantitative estimate of drug-likeness (QED) is 0.785. The fraction of sp³-hybridized carbons (Fsp3) is 0.429. The Morgan fingerprint density at radius 3 is 2.31 bits per heavy atom. The van der Waals surface area contributed by atoms with Crippen molar-refractivity contribution in [3.05, 3.63) is 52.4 Å². The minimum atomic E-state index is -1.07. The van der Waals surface area contributed by atoms with Crippen LogP contribution in [-0.4, -0.2) is 27.9 Å². The molecule has 0 fully saturated rings.